The summed E-state index contributed by atoms with van der Waals surface area (Å²) in [6.45, 7) is 1.99. The van der Waals surface area contributed by atoms with Crippen LogP contribution in [0.25, 0.3) is 0 Å². The molecule has 0 amide bonds. The largest absolute Gasteiger partial charge is 0.395 e. The summed E-state index contributed by atoms with van der Waals surface area (Å²) in [6, 6.07) is 7.68. The summed E-state index contributed by atoms with van der Waals surface area (Å²) in [5.41, 5.74) is 6.82. The zero-order valence-electron chi connectivity index (χ0n) is 13.1. The number of nitrogens with two attached hydrogens (primary N) is 2. The van der Waals surface area contributed by atoms with Crippen molar-refractivity contribution in [3.05, 3.63) is 29.8 Å². The third-order valence-electron chi connectivity index (χ3n) is 3.45. The number of nitrogens with zero attached hydrogens (tertiary/aromatic N) is 2. The average molecular weight is 339 g/mol. The van der Waals surface area contributed by atoms with E-state index in [-0.39, 0.29) is 12.7 Å². The van der Waals surface area contributed by atoms with Gasteiger partial charge < -0.3 is 15.6 Å². The van der Waals surface area contributed by atoms with Crippen molar-refractivity contribution < 1.29 is 9.84 Å². The Kier molecular flexibility index (Phi) is 7.63. The van der Waals surface area contributed by atoms with Gasteiger partial charge in [0.05, 0.1) is 19.3 Å². The molecule has 1 heterocycles. The molecule has 1 saturated heterocycles. The first-order valence-electron chi connectivity index (χ1n) is 7.78. The Morgan fingerprint density at radius 3 is 2.83 bits per heavy atom. The maximum atomic E-state index is 8.73. The highest BCUT2D eigenvalue weighted by Gasteiger charge is 2.16. The van der Waals surface area contributed by atoms with Gasteiger partial charge in [-0.2, -0.15) is 0 Å². The number of hydrogen-bond donors (Lipinski definition) is 4. The van der Waals surface area contributed by atoms with Crippen LogP contribution in [-0.2, 0) is 4.74 Å². The van der Waals surface area contributed by atoms with Crippen LogP contribution in [0.2, 0.25) is 0 Å². The molecular weight excluding hydrogens is 314 g/mol. The van der Waals surface area contributed by atoms with Gasteiger partial charge in [0.2, 0.25) is 0 Å². The van der Waals surface area contributed by atoms with Gasteiger partial charge in [-0.1, -0.05) is 12.1 Å². The van der Waals surface area contributed by atoms with E-state index in [1.54, 1.807) is 0 Å². The standard InChI is InChI=1S/C15H25N5O2S/c16-15(19-20(17)11-13-3-1-2-10-22-13)12-4-6-14(7-5-12)23-18-8-9-21/h4-7,13,18,21H,1-3,8-11,17H2,(H2,16,19). The summed E-state index contributed by atoms with van der Waals surface area (Å²) in [4.78, 5) is 1.04. The Labute approximate surface area is 141 Å². The van der Waals surface area contributed by atoms with Gasteiger partial charge >= 0.3 is 0 Å². The average Bonchev–Trinajstić information content (AvgIpc) is 2.56. The molecule has 0 radical (unpaired) electrons. The van der Waals surface area contributed by atoms with Gasteiger partial charge in [0, 0.05) is 23.6 Å². The first kappa shape index (κ1) is 18.0. The first-order chi connectivity index (χ1) is 11.2. The Hall–Kier alpha value is -1.32. The molecule has 1 aliphatic rings. The van der Waals surface area contributed by atoms with Crippen LogP contribution >= 0.6 is 11.9 Å². The number of rotatable bonds is 8. The summed E-state index contributed by atoms with van der Waals surface area (Å²) < 4.78 is 8.68. The minimum absolute atomic E-state index is 0.113. The van der Waals surface area contributed by atoms with Gasteiger partial charge in [0.15, 0.2) is 5.84 Å². The summed E-state index contributed by atoms with van der Waals surface area (Å²) in [5.74, 6) is 6.28. The van der Waals surface area contributed by atoms with Gasteiger partial charge in [-0.05, 0) is 43.3 Å². The summed E-state index contributed by atoms with van der Waals surface area (Å²) in [5, 5.41) is 14.3. The lowest BCUT2D eigenvalue weighted by Gasteiger charge is -2.25. The number of amidine groups is 1. The van der Waals surface area contributed by atoms with E-state index in [1.807, 2.05) is 24.3 Å². The van der Waals surface area contributed by atoms with E-state index in [0.29, 0.717) is 18.9 Å². The van der Waals surface area contributed by atoms with Crippen molar-refractivity contribution >= 4 is 17.8 Å². The van der Waals surface area contributed by atoms with Crippen LogP contribution in [-0.4, -0.2) is 48.5 Å². The van der Waals surface area contributed by atoms with E-state index in [2.05, 4.69) is 9.82 Å². The number of hydrogen-bond acceptors (Lipinski definition) is 7. The molecule has 1 aromatic carbocycles. The fourth-order valence-electron chi connectivity index (χ4n) is 2.27. The lowest BCUT2D eigenvalue weighted by atomic mass is 10.1. The molecule has 6 N–H and O–H groups in total. The van der Waals surface area contributed by atoms with Crippen molar-refractivity contribution in [2.45, 2.75) is 30.3 Å². The number of ether oxygens (including phenoxy) is 1. The van der Waals surface area contributed by atoms with Gasteiger partial charge in [-0.3, -0.25) is 4.72 Å². The molecule has 0 saturated carbocycles. The molecular formula is C15H25N5O2S. The van der Waals surface area contributed by atoms with E-state index >= 15 is 0 Å². The molecule has 23 heavy (non-hydrogen) atoms. The lowest BCUT2D eigenvalue weighted by molar-refractivity contribution is -0.00546. The van der Waals surface area contributed by atoms with Crippen molar-refractivity contribution in [2.24, 2.45) is 16.7 Å². The molecule has 1 aromatic rings. The van der Waals surface area contributed by atoms with Crippen LogP contribution in [0.3, 0.4) is 0 Å². The lowest BCUT2D eigenvalue weighted by Crippen LogP contribution is -2.38. The molecule has 0 bridgehead atoms. The maximum Gasteiger partial charge on any atom is 0.152 e. The van der Waals surface area contributed by atoms with Crippen molar-refractivity contribution in [1.29, 1.82) is 0 Å². The molecule has 7 nitrogen and oxygen atoms in total. The van der Waals surface area contributed by atoms with E-state index in [9.17, 15) is 0 Å². The van der Waals surface area contributed by atoms with E-state index in [4.69, 9.17) is 21.4 Å². The van der Waals surface area contributed by atoms with Gasteiger partial charge in [-0.25, -0.2) is 11.0 Å². The number of aliphatic hydroxyl groups excluding tert-OH is 1. The van der Waals surface area contributed by atoms with Crippen LogP contribution in [0.1, 0.15) is 24.8 Å². The Morgan fingerprint density at radius 1 is 1.39 bits per heavy atom. The monoisotopic (exact) mass is 339 g/mol. The molecule has 0 spiro atoms. The van der Waals surface area contributed by atoms with Crippen LogP contribution in [0.15, 0.2) is 34.3 Å². The number of nitrogens with one attached hydrogen (secondary N) is 1. The maximum absolute atomic E-state index is 8.73. The van der Waals surface area contributed by atoms with Crippen LogP contribution in [0.5, 0.6) is 0 Å². The number of aliphatic hydroxyl groups is 1. The zero-order chi connectivity index (χ0) is 16.5. The summed E-state index contributed by atoms with van der Waals surface area (Å²) in [7, 11) is 0. The van der Waals surface area contributed by atoms with E-state index in [0.717, 1.165) is 29.9 Å². The Balaban J connectivity index is 1.86. The van der Waals surface area contributed by atoms with Gasteiger partial charge in [-0.15, -0.1) is 5.10 Å². The predicted octanol–water partition coefficient (Wildman–Crippen LogP) is 0.641. The zero-order valence-corrected chi connectivity index (χ0v) is 14.0. The molecule has 1 unspecified atom stereocenters. The van der Waals surface area contributed by atoms with Crippen LogP contribution in [0, 0.1) is 0 Å². The first-order valence-corrected chi connectivity index (χ1v) is 8.59. The van der Waals surface area contributed by atoms with E-state index in [1.165, 1.54) is 23.5 Å². The summed E-state index contributed by atoms with van der Waals surface area (Å²) >= 11 is 1.46. The molecule has 1 aliphatic heterocycles. The second-order valence-corrected chi connectivity index (χ2v) is 6.30. The molecule has 8 heteroatoms. The molecule has 1 atom stereocenters. The van der Waals surface area contributed by atoms with Gasteiger partial charge in [0.25, 0.3) is 0 Å². The molecule has 128 valence electrons. The Morgan fingerprint density at radius 2 is 2.17 bits per heavy atom. The number of benzene rings is 1. The highest BCUT2D eigenvalue weighted by Crippen LogP contribution is 2.15. The topological polar surface area (TPSA) is 109 Å². The SMILES string of the molecule is N/C(=N\N(N)CC1CCCCO1)c1ccc(SNCCO)cc1. The second kappa shape index (κ2) is 9.74. The molecule has 0 aliphatic carbocycles. The third-order valence-corrected chi connectivity index (χ3v) is 4.31. The predicted molar refractivity (Wildman–Crippen MR) is 92.6 cm³/mol. The van der Waals surface area contributed by atoms with E-state index < -0.39 is 0 Å². The molecule has 0 aromatic heterocycles. The van der Waals surface area contributed by atoms with Crippen LogP contribution in [0.4, 0.5) is 0 Å². The van der Waals surface area contributed by atoms with Gasteiger partial charge in [0.1, 0.15) is 0 Å². The highest BCUT2D eigenvalue weighted by atomic mass is 32.2. The smallest absolute Gasteiger partial charge is 0.152 e. The molecule has 2 rings (SSSR count). The number of hydrazone groups is 1. The third kappa shape index (κ3) is 6.36. The second-order valence-electron chi connectivity index (χ2n) is 5.34. The fourth-order valence-corrected chi connectivity index (χ4v) is 2.90. The highest BCUT2D eigenvalue weighted by molar-refractivity contribution is 7.97. The quantitative estimate of drug-likeness (QED) is 0.137. The minimum Gasteiger partial charge on any atom is -0.395 e. The number of hydrazine groups is 1. The normalized spacial score (nSPS) is 18.9. The fraction of sp³-hybridized carbons (Fsp3) is 0.533. The van der Waals surface area contributed by atoms with Crippen molar-refractivity contribution in [2.75, 3.05) is 26.3 Å². The van der Waals surface area contributed by atoms with Crippen molar-refractivity contribution in [3.63, 3.8) is 0 Å². The van der Waals surface area contributed by atoms with Crippen molar-refractivity contribution in [1.82, 2.24) is 9.84 Å². The van der Waals surface area contributed by atoms with Crippen LogP contribution < -0.4 is 16.3 Å². The Bertz CT molecular complexity index is 491. The molecule has 1 fully saturated rings. The van der Waals surface area contributed by atoms with Crippen molar-refractivity contribution in [3.8, 4) is 0 Å². The summed E-state index contributed by atoms with van der Waals surface area (Å²) in [6.07, 6.45) is 3.42. The minimum atomic E-state index is 0.113.